The number of para-hydroxylation sites is 1. The van der Waals surface area contributed by atoms with Crippen LogP contribution >= 0.6 is 0 Å². The van der Waals surface area contributed by atoms with Gasteiger partial charge in [-0.3, -0.25) is 4.79 Å². The lowest BCUT2D eigenvalue weighted by Gasteiger charge is -2.11. The van der Waals surface area contributed by atoms with Gasteiger partial charge in [-0.15, -0.1) is 0 Å². The molecule has 0 atom stereocenters. The number of amides is 1. The summed E-state index contributed by atoms with van der Waals surface area (Å²) < 4.78 is 30.7. The van der Waals surface area contributed by atoms with Crippen molar-refractivity contribution in [3.8, 4) is 11.5 Å². The molecule has 2 aromatic rings. The van der Waals surface area contributed by atoms with Gasteiger partial charge in [0.05, 0.1) is 17.7 Å². The molecule has 0 unspecified atom stereocenters. The third-order valence-electron chi connectivity index (χ3n) is 3.57. The molecule has 144 valence electrons. The van der Waals surface area contributed by atoms with Crippen molar-refractivity contribution in [1.29, 1.82) is 0 Å². The Labute approximate surface area is 158 Å². The summed E-state index contributed by atoms with van der Waals surface area (Å²) in [6.07, 6.45) is 1.27. The van der Waals surface area contributed by atoms with Gasteiger partial charge in [0.1, 0.15) is 0 Å². The van der Waals surface area contributed by atoms with Crippen LogP contribution in [0.25, 0.3) is 0 Å². The maximum Gasteiger partial charge on any atom is 0.271 e. The van der Waals surface area contributed by atoms with Crippen molar-refractivity contribution in [2.75, 3.05) is 20.7 Å². The van der Waals surface area contributed by atoms with E-state index in [0.29, 0.717) is 17.9 Å². The van der Waals surface area contributed by atoms with Gasteiger partial charge in [-0.2, -0.15) is 5.10 Å². The number of rotatable bonds is 7. The van der Waals surface area contributed by atoms with Crippen molar-refractivity contribution in [3.05, 3.63) is 53.6 Å². The lowest BCUT2D eigenvalue weighted by Crippen LogP contribution is -2.23. The number of ether oxygens (including phenoxy) is 1. The van der Waals surface area contributed by atoms with Crippen molar-refractivity contribution < 1.29 is 23.1 Å². The van der Waals surface area contributed by atoms with E-state index in [1.807, 2.05) is 0 Å². The quantitative estimate of drug-likeness (QED) is 0.553. The van der Waals surface area contributed by atoms with Crippen molar-refractivity contribution in [2.45, 2.75) is 11.8 Å². The highest BCUT2D eigenvalue weighted by Gasteiger charge is 2.18. The molecule has 2 aromatic carbocycles. The summed E-state index contributed by atoms with van der Waals surface area (Å²) in [5.41, 5.74) is 2.81. The van der Waals surface area contributed by atoms with Gasteiger partial charge in [0.25, 0.3) is 5.91 Å². The highest BCUT2D eigenvalue weighted by molar-refractivity contribution is 7.89. The summed E-state index contributed by atoms with van der Waals surface area (Å²) in [5, 5.41) is 13.9. The molecule has 0 aliphatic carbocycles. The van der Waals surface area contributed by atoms with E-state index in [0.717, 1.165) is 4.31 Å². The number of nitrogens with zero attached hydrogens (tertiary/aromatic N) is 2. The Bertz CT molecular complexity index is 955. The fraction of sp³-hybridized carbons (Fsp3) is 0.222. The molecule has 0 spiro atoms. The van der Waals surface area contributed by atoms with Crippen LogP contribution in [0.5, 0.6) is 11.5 Å². The average Bonchev–Trinajstić information content (AvgIpc) is 2.64. The molecule has 1 amide bonds. The fourth-order valence-electron chi connectivity index (χ4n) is 2.15. The first-order chi connectivity index (χ1) is 12.8. The largest absolute Gasteiger partial charge is 0.504 e. The highest BCUT2D eigenvalue weighted by atomic mass is 32.2. The summed E-state index contributed by atoms with van der Waals surface area (Å²) in [6, 6.07) is 10.5. The number of hydrogen-bond donors (Lipinski definition) is 2. The molecule has 0 aromatic heterocycles. The summed E-state index contributed by atoms with van der Waals surface area (Å²) in [6.45, 7) is 2.20. The molecule has 0 heterocycles. The number of carbonyl (C=O) groups excluding carboxylic acids is 1. The smallest absolute Gasteiger partial charge is 0.271 e. The Morgan fingerprint density at radius 3 is 2.63 bits per heavy atom. The number of hydrazone groups is 1. The molecular weight excluding hydrogens is 370 g/mol. The molecule has 2 rings (SSSR count). The van der Waals surface area contributed by atoms with Gasteiger partial charge in [-0.05, 0) is 37.3 Å². The van der Waals surface area contributed by atoms with E-state index in [2.05, 4.69) is 10.5 Å². The predicted molar refractivity (Wildman–Crippen MR) is 102 cm³/mol. The van der Waals surface area contributed by atoms with Gasteiger partial charge >= 0.3 is 0 Å². The number of benzene rings is 2. The van der Waals surface area contributed by atoms with Crippen LogP contribution in [0, 0.1) is 0 Å². The minimum atomic E-state index is -3.64. The Kier molecular flexibility index (Phi) is 6.54. The van der Waals surface area contributed by atoms with Crippen molar-refractivity contribution in [2.24, 2.45) is 5.10 Å². The molecule has 0 saturated carbocycles. The normalized spacial score (nSPS) is 11.7. The average molecular weight is 391 g/mol. The standard InChI is InChI=1S/C18H21N3O5S/c1-4-26-16-10-6-8-14(17(16)22)12-19-20-18(23)13-7-5-9-15(11-13)27(24,25)21(2)3/h5-12,22H,4H2,1-3H3,(H,20,23)/b19-12+. The van der Waals surface area contributed by atoms with Crippen LogP contribution in [0.15, 0.2) is 52.5 Å². The molecule has 0 aliphatic heterocycles. The van der Waals surface area contributed by atoms with E-state index in [1.165, 1.54) is 44.6 Å². The first-order valence-electron chi connectivity index (χ1n) is 8.08. The molecular formula is C18H21N3O5S. The first-order valence-corrected chi connectivity index (χ1v) is 9.52. The van der Waals surface area contributed by atoms with Crippen molar-refractivity contribution in [1.82, 2.24) is 9.73 Å². The van der Waals surface area contributed by atoms with E-state index in [1.54, 1.807) is 25.1 Å². The van der Waals surface area contributed by atoms with Gasteiger partial charge < -0.3 is 9.84 Å². The number of carbonyl (C=O) groups is 1. The van der Waals surface area contributed by atoms with Crippen LogP contribution in [-0.2, 0) is 10.0 Å². The van der Waals surface area contributed by atoms with E-state index in [-0.39, 0.29) is 16.2 Å². The molecule has 0 fully saturated rings. The highest BCUT2D eigenvalue weighted by Crippen LogP contribution is 2.28. The predicted octanol–water partition coefficient (Wildman–Crippen LogP) is 1.81. The first kappa shape index (κ1) is 20.4. The summed E-state index contributed by atoms with van der Waals surface area (Å²) in [5.74, 6) is -0.353. The molecule has 2 N–H and O–H groups in total. The second kappa shape index (κ2) is 8.65. The SMILES string of the molecule is CCOc1cccc(/C=N/NC(=O)c2cccc(S(=O)(=O)N(C)C)c2)c1O. The Morgan fingerprint density at radius 2 is 1.96 bits per heavy atom. The fourth-order valence-corrected chi connectivity index (χ4v) is 3.10. The zero-order chi connectivity index (χ0) is 20.0. The van der Waals surface area contributed by atoms with Crippen LogP contribution in [0.4, 0.5) is 0 Å². The van der Waals surface area contributed by atoms with Gasteiger partial charge in [0.15, 0.2) is 11.5 Å². The second-order valence-corrected chi connectivity index (χ2v) is 7.79. The van der Waals surface area contributed by atoms with Crippen LogP contribution < -0.4 is 10.2 Å². The lowest BCUT2D eigenvalue weighted by atomic mass is 10.2. The van der Waals surface area contributed by atoms with E-state index < -0.39 is 15.9 Å². The molecule has 0 radical (unpaired) electrons. The number of phenols is 1. The zero-order valence-corrected chi connectivity index (χ0v) is 16.0. The number of sulfonamides is 1. The molecule has 9 heteroatoms. The van der Waals surface area contributed by atoms with E-state index in [4.69, 9.17) is 4.74 Å². The number of phenolic OH excluding ortho intramolecular Hbond substituents is 1. The second-order valence-electron chi connectivity index (χ2n) is 5.64. The number of hydrogen-bond acceptors (Lipinski definition) is 6. The summed E-state index contributed by atoms with van der Waals surface area (Å²) in [7, 11) is -0.820. The van der Waals surface area contributed by atoms with E-state index in [9.17, 15) is 18.3 Å². The third-order valence-corrected chi connectivity index (χ3v) is 5.39. The number of aromatic hydroxyl groups is 1. The molecule has 27 heavy (non-hydrogen) atoms. The van der Waals surface area contributed by atoms with Crippen LogP contribution in [-0.4, -0.2) is 50.7 Å². The minimum Gasteiger partial charge on any atom is -0.504 e. The van der Waals surface area contributed by atoms with Gasteiger partial charge in [0.2, 0.25) is 10.0 Å². The third kappa shape index (κ3) is 4.83. The zero-order valence-electron chi connectivity index (χ0n) is 15.2. The van der Waals surface area contributed by atoms with E-state index >= 15 is 0 Å². The van der Waals surface area contributed by atoms with Gasteiger partial charge in [0, 0.05) is 25.2 Å². The van der Waals surface area contributed by atoms with Crippen LogP contribution in [0.1, 0.15) is 22.8 Å². The number of nitrogens with one attached hydrogen (secondary N) is 1. The lowest BCUT2D eigenvalue weighted by molar-refractivity contribution is 0.0955. The molecule has 0 aliphatic rings. The molecule has 8 nitrogen and oxygen atoms in total. The topological polar surface area (TPSA) is 108 Å². The summed E-state index contributed by atoms with van der Waals surface area (Å²) in [4.78, 5) is 12.2. The van der Waals surface area contributed by atoms with Crippen molar-refractivity contribution in [3.63, 3.8) is 0 Å². The maximum absolute atomic E-state index is 12.2. The van der Waals surface area contributed by atoms with Gasteiger partial charge in [-0.1, -0.05) is 12.1 Å². The van der Waals surface area contributed by atoms with Crippen LogP contribution in [0.3, 0.4) is 0 Å². The molecule has 0 saturated heterocycles. The Morgan fingerprint density at radius 1 is 1.26 bits per heavy atom. The Balaban J connectivity index is 2.15. The maximum atomic E-state index is 12.2. The van der Waals surface area contributed by atoms with Crippen LogP contribution in [0.2, 0.25) is 0 Å². The van der Waals surface area contributed by atoms with Gasteiger partial charge in [-0.25, -0.2) is 18.1 Å². The summed E-state index contributed by atoms with van der Waals surface area (Å²) >= 11 is 0. The Hall–Kier alpha value is -2.91. The molecule has 0 bridgehead atoms. The minimum absolute atomic E-state index is 0.00573. The monoisotopic (exact) mass is 391 g/mol. The van der Waals surface area contributed by atoms with Crippen molar-refractivity contribution >= 4 is 22.1 Å².